The molecular formula is C17H24O3. The third-order valence-corrected chi connectivity index (χ3v) is 5.37. The van der Waals surface area contributed by atoms with Gasteiger partial charge >= 0.3 is 0 Å². The first-order valence-corrected chi connectivity index (χ1v) is 7.61. The topological polar surface area (TPSA) is 38.7 Å². The highest BCUT2D eigenvalue weighted by Gasteiger charge is 2.48. The molecule has 1 spiro atoms. The van der Waals surface area contributed by atoms with Crippen molar-refractivity contribution in [2.75, 3.05) is 7.11 Å². The lowest BCUT2D eigenvalue weighted by atomic mass is 9.67. The molecule has 1 aliphatic heterocycles. The zero-order valence-electron chi connectivity index (χ0n) is 12.6. The Hall–Kier alpha value is -1.22. The smallest absolute Gasteiger partial charge is 0.126 e. The number of fused-ring (bicyclic) bond motifs is 1. The van der Waals surface area contributed by atoms with E-state index in [9.17, 15) is 5.11 Å². The van der Waals surface area contributed by atoms with Crippen molar-refractivity contribution in [3.8, 4) is 11.5 Å². The fraction of sp³-hybridized carbons (Fsp3) is 0.647. The van der Waals surface area contributed by atoms with Crippen LogP contribution in [0.25, 0.3) is 0 Å². The molecule has 2 aliphatic rings. The molecule has 110 valence electrons. The number of benzene rings is 1. The average Bonchev–Trinajstić information content (AvgIpc) is 2.44. The number of methoxy groups -OCH3 is 1. The molecule has 3 nitrogen and oxygen atoms in total. The minimum atomic E-state index is -0.457. The lowest BCUT2D eigenvalue weighted by molar-refractivity contribution is -0.0879. The number of ether oxygens (including phenoxy) is 2. The van der Waals surface area contributed by atoms with Crippen LogP contribution in [0.5, 0.6) is 11.5 Å². The minimum Gasteiger partial charge on any atom is -0.497 e. The first kappa shape index (κ1) is 13.7. The fourth-order valence-electron chi connectivity index (χ4n) is 3.86. The SMILES string of the molecule is COc1ccc2c(c1)C(O)CC1(CCCC(C)C1C)O2. The van der Waals surface area contributed by atoms with E-state index in [1.807, 2.05) is 18.2 Å². The van der Waals surface area contributed by atoms with Gasteiger partial charge in [0, 0.05) is 12.0 Å². The molecule has 1 aromatic carbocycles. The van der Waals surface area contributed by atoms with E-state index in [0.29, 0.717) is 18.3 Å². The highest BCUT2D eigenvalue weighted by Crippen LogP contribution is 2.50. The Bertz CT molecular complexity index is 499. The highest BCUT2D eigenvalue weighted by atomic mass is 16.5. The van der Waals surface area contributed by atoms with Crippen LogP contribution < -0.4 is 9.47 Å². The van der Waals surface area contributed by atoms with Gasteiger partial charge in [-0.3, -0.25) is 0 Å². The maximum atomic E-state index is 10.6. The van der Waals surface area contributed by atoms with Crippen molar-refractivity contribution in [3.05, 3.63) is 23.8 Å². The molecule has 1 saturated carbocycles. The van der Waals surface area contributed by atoms with Crippen molar-refractivity contribution in [2.24, 2.45) is 11.8 Å². The lowest BCUT2D eigenvalue weighted by Crippen LogP contribution is -2.50. The molecule has 0 saturated heterocycles. The summed E-state index contributed by atoms with van der Waals surface area (Å²) < 4.78 is 11.6. The predicted molar refractivity (Wildman–Crippen MR) is 78.1 cm³/mol. The van der Waals surface area contributed by atoms with E-state index in [1.165, 1.54) is 12.8 Å². The van der Waals surface area contributed by atoms with Crippen molar-refractivity contribution in [3.63, 3.8) is 0 Å². The van der Waals surface area contributed by atoms with Gasteiger partial charge in [0.25, 0.3) is 0 Å². The molecule has 4 unspecified atom stereocenters. The van der Waals surface area contributed by atoms with E-state index < -0.39 is 6.10 Å². The van der Waals surface area contributed by atoms with Crippen LogP contribution >= 0.6 is 0 Å². The molecule has 0 aromatic heterocycles. The molecule has 0 amide bonds. The van der Waals surface area contributed by atoms with E-state index in [1.54, 1.807) is 7.11 Å². The Morgan fingerprint density at radius 2 is 2.15 bits per heavy atom. The fourth-order valence-corrected chi connectivity index (χ4v) is 3.86. The monoisotopic (exact) mass is 276 g/mol. The van der Waals surface area contributed by atoms with E-state index in [2.05, 4.69) is 13.8 Å². The number of hydrogen-bond acceptors (Lipinski definition) is 3. The van der Waals surface area contributed by atoms with Gasteiger partial charge in [-0.15, -0.1) is 0 Å². The molecule has 1 aliphatic carbocycles. The Labute approximate surface area is 120 Å². The van der Waals surface area contributed by atoms with Gasteiger partial charge in [0.15, 0.2) is 0 Å². The van der Waals surface area contributed by atoms with Crippen molar-refractivity contribution in [1.82, 2.24) is 0 Å². The van der Waals surface area contributed by atoms with Crippen LogP contribution in [0, 0.1) is 11.8 Å². The first-order chi connectivity index (χ1) is 9.55. The van der Waals surface area contributed by atoms with Gasteiger partial charge in [0.1, 0.15) is 17.1 Å². The third kappa shape index (κ3) is 2.08. The molecule has 0 bridgehead atoms. The summed E-state index contributed by atoms with van der Waals surface area (Å²) in [4.78, 5) is 0. The maximum absolute atomic E-state index is 10.6. The van der Waals surface area contributed by atoms with Gasteiger partial charge < -0.3 is 14.6 Å². The van der Waals surface area contributed by atoms with Crippen LogP contribution in [-0.4, -0.2) is 17.8 Å². The zero-order chi connectivity index (χ0) is 14.3. The Balaban J connectivity index is 1.96. The molecule has 20 heavy (non-hydrogen) atoms. The summed E-state index contributed by atoms with van der Waals surface area (Å²) in [7, 11) is 1.64. The molecule has 1 heterocycles. The number of aliphatic hydroxyl groups is 1. The normalized spacial score (nSPS) is 36.3. The second kappa shape index (κ2) is 4.96. The molecule has 1 N–H and O–H groups in total. The van der Waals surface area contributed by atoms with Crippen LogP contribution in [0.15, 0.2) is 18.2 Å². The van der Waals surface area contributed by atoms with Gasteiger partial charge in [-0.2, -0.15) is 0 Å². The van der Waals surface area contributed by atoms with Crippen LogP contribution in [0.4, 0.5) is 0 Å². The van der Waals surface area contributed by atoms with Gasteiger partial charge in [-0.05, 0) is 42.9 Å². The van der Waals surface area contributed by atoms with Gasteiger partial charge in [0.05, 0.1) is 13.2 Å². The number of aliphatic hydroxyl groups excluding tert-OH is 1. The highest BCUT2D eigenvalue weighted by molar-refractivity contribution is 5.43. The van der Waals surface area contributed by atoms with Crippen LogP contribution in [-0.2, 0) is 0 Å². The second-order valence-corrected chi connectivity index (χ2v) is 6.45. The van der Waals surface area contributed by atoms with E-state index in [-0.39, 0.29) is 5.60 Å². The molecule has 3 rings (SSSR count). The predicted octanol–water partition coefficient (Wildman–Crippen LogP) is 3.71. The summed E-state index contributed by atoms with van der Waals surface area (Å²) in [5, 5.41) is 10.6. The van der Waals surface area contributed by atoms with Gasteiger partial charge in [-0.25, -0.2) is 0 Å². The molecule has 1 fully saturated rings. The van der Waals surface area contributed by atoms with E-state index >= 15 is 0 Å². The third-order valence-electron chi connectivity index (χ3n) is 5.37. The molecule has 0 radical (unpaired) electrons. The largest absolute Gasteiger partial charge is 0.497 e. The summed E-state index contributed by atoms with van der Waals surface area (Å²) in [6, 6.07) is 5.73. The van der Waals surface area contributed by atoms with Gasteiger partial charge in [0.2, 0.25) is 0 Å². The maximum Gasteiger partial charge on any atom is 0.126 e. The van der Waals surface area contributed by atoms with E-state index in [4.69, 9.17) is 9.47 Å². The summed E-state index contributed by atoms with van der Waals surface area (Å²) in [5.74, 6) is 2.72. The van der Waals surface area contributed by atoms with Gasteiger partial charge in [-0.1, -0.05) is 20.3 Å². The average molecular weight is 276 g/mol. The van der Waals surface area contributed by atoms with Crippen molar-refractivity contribution >= 4 is 0 Å². The Morgan fingerprint density at radius 1 is 1.35 bits per heavy atom. The molecular weight excluding hydrogens is 252 g/mol. The van der Waals surface area contributed by atoms with Crippen molar-refractivity contribution in [2.45, 2.75) is 51.2 Å². The van der Waals surface area contributed by atoms with Crippen molar-refractivity contribution < 1.29 is 14.6 Å². The van der Waals surface area contributed by atoms with Crippen LogP contribution in [0.2, 0.25) is 0 Å². The Morgan fingerprint density at radius 3 is 2.90 bits per heavy atom. The molecule has 3 heteroatoms. The number of rotatable bonds is 1. The van der Waals surface area contributed by atoms with Crippen molar-refractivity contribution in [1.29, 1.82) is 0 Å². The Kier molecular flexibility index (Phi) is 3.41. The number of hydrogen-bond donors (Lipinski definition) is 1. The second-order valence-electron chi connectivity index (χ2n) is 6.45. The summed E-state index contributed by atoms with van der Waals surface area (Å²) in [6.45, 7) is 4.57. The summed E-state index contributed by atoms with van der Waals surface area (Å²) in [5.41, 5.74) is 0.666. The quantitative estimate of drug-likeness (QED) is 0.850. The zero-order valence-corrected chi connectivity index (χ0v) is 12.6. The first-order valence-electron chi connectivity index (χ1n) is 7.61. The minimum absolute atomic E-state index is 0.196. The molecule has 4 atom stereocenters. The summed E-state index contributed by atoms with van der Waals surface area (Å²) >= 11 is 0. The lowest BCUT2D eigenvalue weighted by Gasteiger charge is -2.49. The standard InChI is InChI=1S/C17H24O3/c1-11-5-4-8-17(12(11)2)10-15(18)14-9-13(19-3)6-7-16(14)20-17/h6-7,9,11-12,15,18H,4-5,8,10H2,1-3H3. The summed E-state index contributed by atoms with van der Waals surface area (Å²) in [6.07, 6.45) is 3.72. The molecule has 1 aromatic rings. The van der Waals surface area contributed by atoms with Crippen LogP contribution in [0.3, 0.4) is 0 Å². The van der Waals surface area contributed by atoms with Crippen LogP contribution in [0.1, 0.15) is 51.2 Å². The van der Waals surface area contributed by atoms with E-state index in [0.717, 1.165) is 23.5 Å².